The van der Waals surface area contributed by atoms with Crippen molar-refractivity contribution in [3.05, 3.63) is 64.2 Å². The van der Waals surface area contributed by atoms with E-state index in [0.717, 1.165) is 22.3 Å². The number of ether oxygens (including phenoxy) is 1. The lowest BCUT2D eigenvalue weighted by Gasteiger charge is -2.09. The van der Waals surface area contributed by atoms with E-state index in [0.29, 0.717) is 11.3 Å². The molecule has 0 saturated heterocycles. The van der Waals surface area contributed by atoms with Gasteiger partial charge < -0.3 is 10.5 Å². The van der Waals surface area contributed by atoms with Gasteiger partial charge in [-0.2, -0.15) is 0 Å². The summed E-state index contributed by atoms with van der Waals surface area (Å²) >= 11 is 0. The fourth-order valence-electron chi connectivity index (χ4n) is 1.99. The summed E-state index contributed by atoms with van der Waals surface area (Å²) in [6, 6.07) is 11.3. The largest absolute Gasteiger partial charge is 0.457 e. The van der Waals surface area contributed by atoms with Crippen LogP contribution in [0.5, 0.6) is 0 Å². The molecule has 0 radical (unpaired) electrons. The Bertz CT molecular complexity index is 647. The molecule has 0 bridgehead atoms. The number of carbonyl (C=O) groups excluding carboxylic acids is 1. The van der Waals surface area contributed by atoms with E-state index in [1.165, 1.54) is 0 Å². The quantitative estimate of drug-likeness (QED) is 0.684. The maximum Gasteiger partial charge on any atom is 0.338 e. The van der Waals surface area contributed by atoms with Crippen molar-refractivity contribution in [2.45, 2.75) is 27.4 Å². The van der Waals surface area contributed by atoms with Crippen molar-refractivity contribution in [1.82, 2.24) is 0 Å². The topological polar surface area (TPSA) is 52.3 Å². The molecule has 0 spiro atoms. The highest BCUT2D eigenvalue weighted by Gasteiger charge is 2.09. The summed E-state index contributed by atoms with van der Waals surface area (Å²) < 4.78 is 5.37. The summed E-state index contributed by atoms with van der Waals surface area (Å²) in [7, 11) is 0. The molecule has 2 aromatic rings. The van der Waals surface area contributed by atoms with Crippen molar-refractivity contribution in [2.24, 2.45) is 0 Å². The molecule has 3 nitrogen and oxygen atoms in total. The van der Waals surface area contributed by atoms with Gasteiger partial charge in [-0.15, -0.1) is 0 Å². The summed E-state index contributed by atoms with van der Waals surface area (Å²) in [5, 5.41) is 0. The van der Waals surface area contributed by atoms with Gasteiger partial charge in [-0.05, 0) is 55.7 Å². The average Bonchev–Trinajstić information content (AvgIpc) is 2.42. The zero-order valence-electron chi connectivity index (χ0n) is 12.1. The van der Waals surface area contributed by atoms with Gasteiger partial charge in [0.2, 0.25) is 0 Å². The molecular weight excluding hydrogens is 250 g/mol. The van der Waals surface area contributed by atoms with Crippen LogP contribution in [0.3, 0.4) is 0 Å². The Balaban J connectivity index is 2.08. The van der Waals surface area contributed by atoms with Crippen LogP contribution in [0.1, 0.15) is 32.6 Å². The first-order chi connectivity index (χ1) is 9.47. The van der Waals surface area contributed by atoms with Gasteiger partial charge in [0.25, 0.3) is 0 Å². The Hall–Kier alpha value is -2.29. The number of carbonyl (C=O) groups is 1. The minimum absolute atomic E-state index is 0.287. The SMILES string of the molecule is Cc1ccc(C)c(COC(=O)c2ccc(N)c(C)c2)c1. The minimum atomic E-state index is -0.325. The normalized spacial score (nSPS) is 10.3. The van der Waals surface area contributed by atoms with Gasteiger partial charge >= 0.3 is 5.97 Å². The monoisotopic (exact) mass is 269 g/mol. The number of hydrogen-bond donors (Lipinski definition) is 1. The molecule has 2 rings (SSSR count). The molecule has 2 N–H and O–H groups in total. The van der Waals surface area contributed by atoms with E-state index >= 15 is 0 Å². The highest BCUT2D eigenvalue weighted by atomic mass is 16.5. The first kappa shape index (κ1) is 14.1. The lowest BCUT2D eigenvalue weighted by Crippen LogP contribution is -2.07. The van der Waals surface area contributed by atoms with Gasteiger partial charge in [0.05, 0.1) is 5.56 Å². The Morgan fingerprint density at radius 3 is 2.50 bits per heavy atom. The number of nitrogen functional groups attached to an aromatic ring is 1. The van der Waals surface area contributed by atoms with Crippen LogP contribution in [0.15, 0.2) is 36.4 Å². The molecule has 0 aliphatic rings. The number of benzene rings is 2. The molecule has 0 aromatic heterocycles. The van der Waals surface area contributed by atoms with Crippen LogP contribution in [-0.2, 0) is 11.3 Å². The van der Waals surface area contributed by atoms with Gasteiger partial charge in [0, 0.05) is 5.69 Å². The fourth-order valence-corrected chi connectivity index (χ4v) is 1.99. The summed E-state index contributed by atoms with van der Waals surface area (Å²) in [6.45, 7) is 6.19. The molecular formula is C17H19NO2. The first-order valence-corrected chi connectivity index (χ1v) is 6.57. The molecule has 3 heteroatoms. The molecule has 2 aromatic carbocycles. The molecule has 0 unspecified atom stereocenters. The Morgan fingerprint density at radius 1 is 1.05 bits per heavy atom. The van der Waals surface area contributed by atoms with Crippen molar-refractivity contribution in [3.8, 4) is 0 Å². The average molecular weight is 269 g/mol. The van der Waals surface area contributed by atoms with E-state index in [-0.39, 0.29) is 12.6 Å². The van der Waals surface area contributed by atoms with Gasteiger partial charge in [0.1, 0.15) is 6.61 Å². The van der Waals surface area contributed by atoms with Crippen LogP contribution in [0.25, 0.3) is 0 Å². The third-order valence-corrected chi connectivity index (χ3v) is 3.37. The van der Waals surface area contributed by atoms with E-state index in [9.17, 15) is 4.79 Å². The number of anilines is 1. The molecule has 0 amide bonds. The smallest absolute Gasteiger partial charge is 0.338 e. The van der Waals surface area contributed by atoms with Crippen LogP contribution in [-0.4, -0.2) is 5.97 Å². The molecule has 0 fully saturated rings. The maximum atomic E-state index is 12.0. The second kappa shape index (κ2) is 5.78. The zero-order valence-corrected chi connectivity index (χ0v) is 12.1. The number of rotatable bonds is 3. The summed E-state index contributed by atoms with van der Waals surface area (Å²) in [5.41, 5.74) is 11.1. The molecule has 0 saturated carbocycles. The van der Waals surface area contributed by atoms with Gasteiger partial charge in [-0.3, -0.25) is 0 Å². The van der Waals surface area contributed by atoms with Crippen molar-refractivity contribution >= 4 is 11.7 Å². The van der Waals surface area contributed by atoms with Crippen molar-refractivity contribution in [2.75, 3.05) is 5.73 Å². The van der Waals surface area contributed by atoms with Crippen molar-refractivity contribution in [1.29, 1.82) is 0 Å². The molecule has 0 heterocycles. The van der Waals surface area contributed by atoms with Gasteiger partial charge in [-0.25, -0.2) is 4.79 Å². The van der Waals surface area contributed by atoms with Crippen molar-refractivity contribution in [3.63, 3.8) is 0 Å². The van der Waals surface area contributed by atoms with Crippen LogP contribution >= 0.6 is 0 Å². The van der Waals surface area contributed by atoms with Crippen LogP contribution in [0.2, 0.25) is 0 Å². The minimum Gasteiger partial charge on any atom is -0.457 e. The van der Waals surface area contributed by atoms with E-state index in [4.69, 9.17) is 10.5 Å². The van der Waals surface area contributed by atoms with Crippen molar-refractivity contribution < 1.29 is 9.53 Å². The third-order valence-electron chi connectivity index (χ3n) is 3.37. The second-order valence-corrected chi connectivity index (χ2v) is 5.08. The number of hydrogen-bond acceptors (Lipinski definition) is 3. The first-order valence-electron chi connectivity index (χ1n) is 6.57. The Kier molecular flexibility index (Phi) is 4.08. The Labute approximate surface area is 119 Å². The molecule has 0 atom stereocenters. The lowest BCUT2D eigenvalue weighted by molar-refractivity contribution is 0.0472. The molecule has 20 heavy (non-hydrogen) atoms. The van der Waals surface area contributed by atoms with Gasteiger partial charge in [0.15, 0.2) is 0 Å². The maximum absolute atomic E-state index is 12.0. The standard InChI is InChI=1S/C17H19NO2/c1-11-4-5-12(2)15(8-11)10-20-17(19)14-6-7-16(18)13(3)9-14/h4-9H,10,18H2,1-3H3. The van der Waals surface area contributed by atoms with Crippen LogP contribution in [0, 0.1) is 20.8 Å². The van der Waals surface area contributed by atoms with E-state index in [1.54, 1.807) is 18.2 Å². The fraction of sp³-hybridized carbons (Fsp3) is 0.235. The molecule has 104 valence electrons. The van der Waals surface area contributed by atoms with E-state index in [2.05, 4.69) is 0 Å². The lowest BCUT2D eigenvalue weighted by atomic mass is 10.1. The predicted molar refractivity (Wildman–Crippen MR) is 80.6 cm³/mol. The molecule has 0 aliphatic carbocycles. The van der Waals surface area contributed by atoms with E-state index in [1.807, 2.05) is 39.0 Å². The Morgan fingerprint density at radius 2 is 1.80 bits per heavy atom. The number of aryl methyl sites for hydroxylation is 3. The third kappa shape index (κ3) is 3.18. The summed E-state index contributed by atoms with van der Waals surface area (Å²) in [4.78, 5) is 12.0. The zero-order chi connectivity index (χ0) is 14.7. The van der Waals surface area contributed by atoms with E-state index < -0.39 is 0 Å². The highest BCUT2D eigenvalue weighted by molar-refractivity contribution is 5.90. The van der Waals surface area contributed by atoms with Crippen LogP contribution < -0.4 is 5.73 Å². The van der Waals surface area contributed by atoms with Gasteiger partial charge in [-0.1, -0.05) is 23.8 Å². The number of nitrogens with two attached hydrogens (primary N) is 1. The number of esters is 1. The second-order valence-electron chi connectivity index (χ2n) is 5.08. The van der Waals surface area contributed by atoms with Crippen LogP contribution in [0.4, 0.5) is 5.69 Å². The summed E-state index contributed by atoms with van der Waals surface area (Å²) in [6.07, 6.45) is 0. The summed E-state index contributed by atoms with van der Waals surface area (Å²) in [5.74, 6) is -0.325. The molecule has 0 aliphatic heterocycles. The highest BCUT2D eigenvalue weighted by Crippen LogP contribution is 2.16. The predicted octanol–water partition coefficient (Wildman–Crippen LogP) is 3.55.